The van der Waals surface area contributed by atoms with Gasteiger partial charge in [0.15, 0.2) is 5.75 Å². The minimum atomic E-state index is -0.955. The second-order valence-corrected chi connectivity index (χ2v) is 7.73. The highest BCUT2D eigenvalue weighted by Crippen LogP contribution is 2.39. The van der Waals surface area contributed by atoms with E-state index >= 15 is 0 Å². The number of anilines is 3. The molecule has 0 radical (unpaired) electrons. The fraction of sp³-hybridized carbons (Fsp3) is 0.208. The van der Waals surface area contributed by atoms with Crippen LogP contribution in [0.5, 0.6) is 11.5 Å². The number of ether oxygens (including phenoxy) is 2. The van der Waals surface area contributed by atoms with Crippen LogP contribution in [0, 0.1) is 10.1 Å². The van der Waals surface area contributed by atoms with Crippen LogP contribution in [-0.2, 0) is 6.42 Å². The summed E-state index contributed by atoms with van der Waals surface area (Å²) in [7, 11) is 2.85. The Balaban J connectivity index is 1.76. The fourth-order valence-electron chi connectivity index (χ4n) is 3.87. The topological polar surface area (TPSA) is 143 Å². The summed E-state index contributed by atoms with van der Waals surface area (Å²) in [6.07, 6.45) is -0.791. The fourth-order valence-corrected chi connectivity index (χ4v) is 3.87. The van der Waals surface area contributed by atoms with Crippen LogP contribution in [0.15, 0.2) is 48.5 Å². The van der Waals surface area contributed by atoms with Crippen molar-refractivity contribution in [2.45, 2.75) is 12.5 Å². The van der Waals surface area contributed by atoms with Gasteiger partial charge in [0, 0.05) is 18.6 Å². The van der Waals surface area contributed by atoms with Crippen LogP contribution < -0.4 is 20.1 Å². The summed E-state index contributed by atoms with van der Waals surface area (Å²) in [5.74, 6) is 0.282. The zero-order valence-corrected chi connectivity index (χ0v) is 18.5. The molecular weight excluding hydrogens is 442 g/mol. The first-order valence-corrected chi connectivity index (χ1v) is 10.4. The van der Waals surface area contributed by atoms with Crippen molar-refractivity contribution < 1.29 is 29.4 Å². The quantitative estimate of drug-likeness (QED) is 0.307. The highest BCUT2D eigenvalue weighted by atomic mass is 16.6. The molecule has 0 saturated heterocycles. The molecule has 10 heteroatoms. The van der Waals surface area contributed by atoms with Crippen molar-refractivity contribution in [3.63, 3.8) is 0 Å². The van der Waals surface area contributed by atoms with Gasteiger partial charge in [0.1, 0.15) is 5.75 Å². The summed E-state index contributed by atoms with van der Waals surface area (Å²) in [6.45, 7) is -0.394. The first-order chi connectivity index (χ1) is 16.3. The Bertz CT molecular complexity index is 1280. The second kappa shape index (κ2) is 9.38. The van der Waals surface area contributed by atoms with Gasteiger partial charge < -0.3 is 30.3 Å². The first-order valence-electron chi connectivity index (χ1n) is 10.4. The van der Waals surface area contributed by atoms with Crippen LogP contribution in [0.2, 0.25) is 0 Å². The van der Waals surface area contributed by atoms with E-state index in [1.165, 1.54) is 20.3 Å². The molecule has 4 N–H and O–H groups in total. The van der Waals surface area contributed by atoms with Crippen molar-refractivity contribution in [2.24, 2.45) is 0 Å². The van der Waals surface area contributed by atoms with Gasteiger partial charge in [-0.05, 0) is 47.0 Å². The van der Waals surface area contributed by atoms with Crippen LogP contribution in [0.3, 0.4) is 0 Å². The molecule has 0 saturated carbocycles. The number of nitro groups is 1. The summed E-state index contributed by atoms with van der Waals surface area (Å²) >= 11 is 0. The predicted octanol–water partition coefficient (Wildman–Crippen LogP) is 3.48. The molecule has 10 nitrogen and oxygen atoms in total. The maximum atomic E-state index is 12.9. The van der Waals surface area contributed by atoms with Crippen LogP contribution in [0.1, 0.15) is 15.9 Å². The number of carbonyl (C=O) groups excluding carboxylic acids is 1. The van der Waals surface area contributed by atoms with E-state index in [1.807, 2.05) is 0 Å². The van der Waals surface area contributed by atoms with Gasteiger partial charge in [-0.2, -0.15) is 0 Å². The van der Waals surface area contributed by atoms with E-state index in [0.717, 1.165) is 5.56 Å². The van der Waals surface area contributed by atoms with Crippen molar-refractivity contribution in [1.29, 1.82) is 0 Å². The third kappa shape index (κ3) is 4.36. The van der Waals surface area contributed by atoms with Crippen molar-refractivity contribution in [3.05, 3.63) is 69.8 Å². The van der Waals surface area contributed by atoms with Gasteiger partial charge in [0.25, 0.3) is 5.91 Å². The van der Waals surface area contributed by atoms with Crippen molar-refractivity contribution in [2.75, 3.05) is 31.5 Å². The molecule has 1 heterocycles. The number of aliphatic hydroxyl groups excluding tert-OH is 2. The van der Waals surface area contributed by atoms with Crippen LogP contribution in [0.25, 0.3) is 11.1 Å². The van der Waals surface area contributed by atoms with Gasteiger partial charge >= 0.3 is 5.69 Å². The maximum absolute atomic E-state index is 12.9. The molecule has 0 aliphatic carbocycles. The van der Waals surface area contributed by atoms with Crippen LogP contribution >= 0.6 is 0 Å². The van der Waals surface area contributed by atoms with E-state index < -0.39 is 17.6 Å². The van der Waals surface area contributed by atoms with Gasteiger partial charge in [-0.15, -0.1) is 0 Å². The number of rotatable bonds is 7. The Morgan fingerprint density at radius 2 is 1.62 bits per heavy atom. The number of nitrogens with one attached hydrogen (secondary N) is 2. The highest BCUT2D eigenvalue weighted by molar-refractivity contribution is 6.12. The molecule has 0 aromatic heterocycles. The Kier molecular flexibility index (Phi) is 6.35. The van der Waals surface area contributed by atoms with Crippen molar-refractivity contribution in [3.8, 4) is 22.6 Å². The largest absolute Gasteiger partial charge is 0.496 e. The summed E-state index contributed by atoms with van der Waals surface area (Å²) in [6, 6.07) is 13.2. The Labute approximate surface area is 194 Å². The van der Waals surface area contributed by atoms with Gasteiger partial charge in [0.2, 0.25) is 0 Å². The van der Waals surface area contributed by atoms with E-state index in [4.69, 9.17) is 9.47 Å². The number of aliphatic hydroxyl groups is 2. The van der Waals surface area contributed by atoms with E-state index in [0.29, 0.717) is 39.5 Å². The average molecular weight is 465 g/mol. The third-order valence-corrected chi connectivity index (χ3v) is 5.58. The van der Waals surface area contributed by atoms with Crippen molar-refractivity contribution >= 4 is 28.7 Å². The number of fused-ring (bicyclic) bond motifs is 2. The Morgan fingerprint density at radius 3 is 2.29 bits per heavy atom. The average Bonchev–Trinajstić information content (AvgIpc) is 2.97. The molecule has 0 fully saturated rings. The molecule has 34 heavy (non-hydrogen) atoms. The normalized spacial score (nSPS) is 13.0. The molecule has 176 valence electrons. The molecule has 3 aromatic carbocycles. The lowest BCUT2D eigenvalue weighted by atomic mass is 10.0. The molecule has 1 aliphatic rings. The van der Waals surface area contributed by atoms with Crippen LogP contribution in [0.4, 0.5) is 22.7 Å². The van der Waals surface area contributed by atoms with E-state index in [2.05, 4.69) is 10.6 Å². The predicted molar refractivity (Wildman–Crippen MR) is 126 cm³/mol. The van der Waals surface area contributed by atoms with Crippen molar-refractivity contribution in [1.82, 2.24) is 0 Å². The number of benzene rings is 3. The molecule has 3 aromatic rings. The standard InChI is InChI=1S/C24H23N3O7/c1-33-22-11-20-19(9-15(22)7-16(29)12-28)25-18-8-13(3-5-17(18)24(30)26-20)14-4-6-21(27(31)32)23(10-14)34-2/h3-6,8-11,16,25,28-29H,7,12H2,1-2H3,(H,26,30). The van der Waals surface area contributed by atoms with Gasteiger partial charge in [0.05, 0.1) is 54.5 Å². The molecule has 1 atom stereocenters. The van der Waals surface area contributed by atoms with Gasteiger partial charge in [-0.1, -0.05) is 6.07 Å². The monoisotopic (exact) mass is 465 g/mol. The highest BCUT2D eigenvalue weighted by Gasteiger charge is 2.23. The number of nitrogens with zero attached hydrogens (tertiary/aromatic N) is 1. The lowest BCUT2D eigenvalue weighted by molar-refractivity contribution is -0.385. The third-order valence-electron chi connectivity index (χ3n) is 5.58. The van der Waals surface area contributed by atoms with E-state index in [-0.39, 0.29) is 23.8 Å². The minimum absolute atomic E-state index is 0.132. The zero-order chi connectivity index (χ0) is 24.4. The lowest BCUT2D eigenvalue weighted by Crippen LogP contribution is -2.16. The van der Waals surface area contributed by atoms with Gasteiger partial charge in [-0.3, -0.25) is 14.9 Å². The maximum Gasteiger partial charge on any atom is 0.310 e. The first kappa shape index (κ1) is 23.0. The number of nitro benzene ring substituents is 1. The van der Waals surface area contributed by atoms with E-state index in [1.54, 1.807) is 42.5 Å². The molecule has 0 spiro atoms. The summed E-state index contributed by atoms with van der Waals surface area (Å²) in [4.78, 5) is 23.6. The number of carbonyl (C=O) groups is 1. The summed E-state index contributed by atoms with van der Waals surface area (Å²) in [5, 5.41) is 36.4. The molecular formula is C24H23N3O7. The Morgan fingerprint density at radius 1 is 0.941 bits per heavy atom. The van der Waals surface area contributed by atoms with E-state index in [9.17, 15) is 25.1 Å². The second-order valence-electron chi connectivity index (χ2n) is 7.73. The number of hydrogen-bond acceptors (Lipinski definition) is 8. The zero-order valence-electron chi connectivity index (χ0n) is 18.5. The molecule has 0 bridgehead atoms. The number of methoxy groups -OCH3 is 2. The Hall–Kier alpha value is -4.15. The van der Waals surface area contributed by atoms with Gasteiger partial charge in [-0.25, -0.2) is 0 Å². The lowest BCUT2D eigenvalue weighted by Gasteiger charge is -2.16. The summed E-state index contributed by atoms with van der Waals surface area (Å²) < 4.78 is 10.6. The molecule has 1 amide bonds. The smallest absolute Gasteiger partial charge is 0.310 e. The summed E-state index contributed by atoms with van der Waals surface area (Å²) in [5.41, 5.74) is 3.95. The number of amides is 1. The molecule has 1 unspecified atom stereocenters. The SMILES string of the molecule is COc1cc2c(cc1CC(O)CO)Nc1cc(-c3ccc([N+](=O)[O-])c(OC)c3)ccc1C(=O)N2. The number of hydrogen-bond donors (Lipinski definition) is 4. The van der Waals surface area contributed by atoms with Crippen LogP contribution in [-0.4, -0.2) is 48.0 Å². The minimum Gasteiger partial charge on any atom is -0.496 e. The molecule has 4 rings (SSSR count). The molecule has 1 aliphatic heterocycles.